The Morgan fingerprint density at radius 3 is 2.33 bits per heavy atom. The Morgan fingerprint density at radius 1 is 1.27 bits per heavy atom. The zero-order chi connectivity index (χ0) is 11.3. The molecule has 0 saturated heterocycles. The summed E-state index contributed by atoms with van der Waals surface area (Å²) in [5.74, 6) is 0.936. The maximum absolute atomic E-state index is 9.55. The van der Waals surface area contributed by atoms with E-state index < -0.39 is 5.60 Å². The van der Waals surface area contributed by atoms with Gasteiger partial charge in [0.25, 0.3) is 0 Å². The summed E-state index contributed by atoms with van der Waals surface area (Å²) in [6, 6.07) is 8.26. The molecule has 0 heterocycles. The van der Waals surface area contributed by atoms with E-state index in [9.17, 15) is 5.11 Å². The summed E-state index contributed by atoms with van der Waals surface area (Å²) in [4.78, 5) is 1.23. The largest absolute Gasteiger partial charge is 0.390 e. The minimum Gasteiger partial charge on any atom is -0.390 e. The SMILES string of the molecule is CC(C)(O)CCSc1ccc(CN)cc1. The normalized spacial score (nSPS) is 11.7. The lowest BCUT2D eigenvalue weighted by Gasteiger charge is -2.16. The second kappa shape index (κ2) is 5.54. The predicted octanol–water partition coefficient (Wildman–Crippen LogP) is 2.40. The molecule has 0 saturated carbocycles. The Labute approximate surface area is 95.9 Å². The molecule has 0 aromatic heterocycles. The summed E-state index contributed by atoms with van der Waals surface area (Å²) < 4.78 is 0. The molecule has 0 bridgehead atoms. The minimum atomic E-state index is -0.565. The minimum absolute atomic E-state index is 0.565. The maximum atomic E-state index is 9.55. The van der Waals surface area contributed by atoms with Gasteiger partial charge in [0.05, 0.1) is 5.60 Å². The third-order valence-electron chi connectivity index (χ3n) is 2.14. The van der Waals surface area contributed by atoms with Crippen LogP contribution in [0.2, 0.25) is 0 Å². The van der Waals surface area contributed by atoms with Gasteiger partial charge in [-0.15, -0.1) is 11.8 Å². The van der Waals surface area contributed by atoms with E-state index >= 15 is 0 Å². The van der Waals surface area contributed by atoms with E-state index in [2.05, 4.69) is 12.1 Å². The summed E-state index contributed by atoms with van der Waals surface area (Å²) in [7, 11) is 0. The van der Waals surface area contributed by atoms with E-state index in [1.807, 2.05) is 26.0 Å². The zero-order valence-electron chi connectivity index (χ0n) is 9.36. The van der Waals surface area contributed by atoms with Crippen LogP contribution in [-0.2, 0) is 6.54 Å². The van der Waals surface area contributed by atoms with Gasteiger partial charge in [0.15, 0.2) is 0 Å². The van der Waals surface area contributed by atoms with Gasteiger partial charge in [-0.3, -0.25) is 0 Å². The number of aliphatic hydroxyl groups is 1. The van der Waals surface area contributed by atoms with Gasteiger partial charge in [-0.2, -0.15) is 0 Å². The first kappa shape index (κ1) is 12.6. The van der Waals surface area contributed by atoms with Crippen molar-refractivity contribution in [1.82, 2.24) is 0 Å². The fourth-order valence-corrected chi connectivity index (χ4v) is 2.31. The van der Waals surface area contributed by atoms with Crippen LogP contribution in [0.25, 0.3) is 0 Å². The van der Waals surface area contributed by atoms with E-state index in [1.54, 1.807) is 11.8 Å². The van der Waals surface area contributed by atoms with E-state index in [0.29, 0.717) is 6.54 Å². The average molecular weight is 225 g/mol. The van der Waals surface area contributed by atoms with Crippen molar-refractivity contribution in [2.45, 2.75) is 37.3 Å². The molecule has 0 aliphatic carbocycles. The first-order chi connectivity index (χ1) is 7.01. The van der Waals surface area contributed by atoms with Crippen molar-refractivity contribution in [3.63, 3.8) is 0 Å². The molecule has 0 atom stereocenters. The second-order valence-electron chi connectivity index (χ2n) is 4.26. The molecule has 3 N–H and O–H groups in total. The van der Waals surface area contributed by atoms with Gasteiger partial charge >= 0.3 is 0 Å². The van der Waals surface area contributed by atoms with Gasteiger partial charge in [-0.1, -0.05) is 12.1 Å². The summed E-state index contributed by atoms with van der Waals surface area (Å²) in [6.07, 6.45) is 0.802. The smallest absolute Gasteiger partial charge is 0.0599 e. The van der Waals surface area contributed by atoms with Crippen LogP contribution in [0.1, 0.15) is 25.8 Å². The van der Waals surface area contributed by atoms with Crippen LogP contribution in [0.3, 0.4) is 0 Å². The molecule has 0 fully saturated rings. The fourth-order valence-electron chi connectivity index (χ4n) is 1.14. The Hall–Kier alpha value is -0.510. The van der Waals surface area contributed by atoms with Crippen molar-refractivity contribution in [1.29, 1.82) is 0 Å². The Bertz CT molecular complexity index is 289. The van der Waals surface area contributed by atoms with Crippen molar-refractivity contribution < 1.29 is 5.11 Å². The third-order valence-corrected chi connectivity index (χ3v) is 3.16. The van der Waals surface area contributed by atoms with E-state index in [1.165, 1.54) is 4.90 Å². The molecule has 0 unspecified atom stereocenters. The molecule has 0 aliphatic rings. The monoisotopic (exact) mass is 225 g/mol. The van der Waals surface area contributed by atoms with Crippen molar-refractivity contribution in [3.8, 4) is 0 Å². The molecule has 1 aromatic carbocycles. The number of hydrogen-bond acceptors (Lipinski definition) is 3. The van der Waals surface area contributed by atoms with E-state index in [-0.39, 0.29) is 0 Å². The summed E-state index contributed by atoms with van der Waals surface area (Å²) in [6.45, 7) is 4.27. The highest BCUT2D eigenvalue weighted by Crippen LogP contribution is 2.21. The average Bonchev–Trinajstić information content (AvgIpc) is 2.17. The predicted molar refractivity (Wildman–Crippen MR) is 66.0 cm³/mol. The molecule has 84 valence electrons. The van der Waals surface area contributed by atoms with Gasteiger partial charge in [-0.05, 0) is 38.0 Å². The topological polar surface area (TPSA) is 46.2 Å². The number of rotatable bonds is 5. The van der Waals surface area contributed by atoms with Crippen LogP contribution in [-0.4, -0.2) is 16.5 Å². The van der Waals surface area contributed by atoms with Crippen molar-refractivity contribution in [3.05, 3.63) is 29.8 Å². The molecule has 2 nitrogen and oxygen atoms in total. The van der Waals surface area contributed by atoms with Gasteiger partial charge in [-0.25, -0.2) is 0 Å². The molecule has 1 aromatic rings. The number of nitrogens with two attached hydrogens (primary N) is 1. The molecule has 1 rings (SSSR count). The number of thioether (sulfide) groups is 1. The van der Waals surface area contributed by atoms with Crippen LogP contribution >= 0.6 is 11.8 Å². The van der Waals surface area contributed by atoms with Crippen molar-refractivity contribution >= 4 is 11.8 Å². The molecule has 0 amide bonds. The van der Waals surface area contributed by atoms with Gasteiger partial charge < -0.3 is 10.8 Å². The number of hydrogen-bond donors (Lipinski definition) is 2. The molecule has 0 aliphatic heterocycles. The maximum Gasteiger partial charge on any atom is 0.0599 e. The second-order valence-corrected chi connectivity index (χ2v) is 5.43. The van der Waals surface area contributed by atoms with Crippen LogP contribution < -0.4 is 5.73 Å². The quantitative estimate of drug-likeness (QED) is 0.756. The lowest BCUT2D eigenvalue weighted by molar-refractivity contribution is 0.0778. The molecular formula is C12H19NOS. The first-order valence-electron chi connectivity index (χ1n) is 5.15. The van der Waals surface area contributed by atoms with Crippen LogP contribution in [0.5, 0.6) is 0 Å². The van der Waals surface area contributed by atoms with Gasteiger partial charge in [0, 0.05) is 17.2 Å². The van der Waals surface area contributed by atoms with E-state index in [4.69, 9.17) is 5.73 Å². The highest BCUT2D eigenvalue weighted by molar-refractivity contribution is 7.99. The molecular weight excluding hydrogens is 206 g/mol. The highest BCUT2D eigenvalue weighted by Gasteiger charge is 2.11. The van der Waals surface area contributed by atoms with Gasteiger partial charge in [0.2, 0.25) is 0 Å². The van der Waals surface area contributed by atoms with Crippen molar-refractivity contribution in [2.75, 3.05) is 5.75 Å². The Balaban J connectivity index is 2.38. The van der Waals surface area contributed by atoms with Crippen LogP contribution in [0.4, 0.5) is 0 Å². The van der Waals surface area contributed by atoms with E-state index in [0.717, 1.165) is 17.7 Å². The third kappa shape index (κ3) is 5.21. The first-order valence-corrected chi connectivity index (χ1v) is 6.14. The zero-order valence-corrected chi connectivity index (χ0v) is 10.2. The molecule has 15 heavy (non-hydrogen) atoms. The summed E-state index contributed by atoms with van der Waals surface area (Å²) >= 11 is 1.77. The fraction of sp³-hybridized carbons (Fsp3) is 0.500. The molecule has 0 radical (unpaired) electrons. The molecule has 0 spiro atoms. The van der Waals surface area contributed by atoms with Crippen molar-refractivity contribution in [2.24, 2.45) is 5.73 Å². The highest BCUT2D eigenvalue weighted by atomic mass is 32.2. The lowest BCUT2D eigenvalue weighted by atomic mass is 10.1. The number of benzene rings is 1. The van der Waals surface area contributed by atoms with Crippen LogP contribution in [0, 0.1) is 0 Å². The summed E-state index contributed by atoms with van der Waals surface area (Å²) in [5.41, 5.74) is 6.11. The standard InChI is InChI=1S/C12H19NOS/c1-12(2,14)7-8-15-11-5-3-10(9-13)4-6-11/h3-6,14H,7-9,13H2,1-2H3. The Morgan fingerprint density at radius 2 is 1.87 bits per heavy atom. The van der Waals surface area contributed by atoms with Crippen LogP contribution in [0.15, 0.2) is 29.2 Å². The summed E-state index contributed by atoms with van der Waals surface area (Å²) in [5, 5.41) is 9.55. The van der Waals surface area contributed by atoms with Gasteiger partial charge in [0.1, 0.15) is 0 Å². The molecule has 3 heteroatoms. The Kier molecular flexibility index (Phi) is 4.64. The lowest BCUT2D eigenvalue weighted by Crippen LogP contribution is -2.18.